The highest BCUT2D eigenvalue weighted by Gasteiger charge is 2.20. The SMILES string of the molecule is CC1COCCN1c1cc([C@H](C)N)ccn1. The summed E-state index contributed by atoms with van der Waals surface area (Å²) in [6, 6.07) is 4.48. The molecule has 1 fully saturated rings. The zero-order valence-electron chi connectivity index (χ0n) is 9.89. The van der Waals surface area contributed by atoms with E-state index in [2.05, 4.69) is 22.9 Å². The van der Waals surface area contributed by atoms with Crippen molar-refractivity contribution in [3.05, 3.63) is 23.9 Å². The molecule has 0 aromatic carbocycles. The van der Waals surface area contributed by atoms with Crippen molar-refractivity contribution in [3.63, 3.8) is 0 Å². The number of pyridine rings is 1. The molecule has 2 rings (SSSR count). The van der Waals surface area contributed by atoms with Crippen molar-refractivity contribution in [2.75, 3.05) is 24.7 Å². The normalized spacial score (nSPS) is 23.2. The van der Waals surface area contributed by atoms with Crippen LogP contribution in [0, 0.1) is 0 Å². The Kier molecular flexibility index (Phi) is 3.41. The lowest BCUT2D eigenvalue weighted by Gasteiger charge is -2.34. The molecular weight excluding hydrogens is 202 g/mol. The predicted octanol–water partition coefficient (Wildman–Crippen LogP) is 1.33. The molecule has 2 atom stereocenters. The molecule has 4 heteroatoms. The van der Waals surface area contributed by atoms with Gasteiger partial charge in [-0.15, -0.1) is 0 Å². The van der Waals surface area contributed by atoms with E-state index in [9.17, 15) is 0 Å². The highest BCUT2D eigenvalue weighted by Crippen LogP contribution is 2.20. The van der Waals surface area contributed by atoms with Crippen LogP contribution in [0.2, 0.25) is 0 Å². The van der Waals surface area contributed by atoms with E-state index in [-0.39, 0.29) is 6.04 Å². The van der Waals surface area contributed by atoms with Gasteiger partial charge in [-0.1, -0.05) is 0 Å². The van der Waals surface area contributed by atoms with Gasteiger partial charge in [0.2, 0.25) is 0 Å². The van der Waals surface area contributed by atoms with Crippen molar-refractivity contribution in [1.29, 1.82) is 0 Å². The Balaban J connectivity index is 2.21. The first-order valence-corrected chi connectivity index (χ1v) is 5.74. The Bertz CT molecular complexity index is 354. The van der Waals surface area contributed by atoms with Crippen LogP contribution >= 0.6 is 0 Å². The van der Waals surface area contributed by atoms with Crippen LogP contribution in [-0.4, -0.2) is 30.8 Å². The Hall–Kier alpha value is -1.13. The fraction of sp³-hybridized carbons (Fsp3) is 0.583. The third kappa shape index (κ3) is 2.33. The summed E-state index contributed by atoms with van der Waals surface area (Å²) in [5, 5.41) is 0. The van der Waals surface area contributed by atoms with E-state index in [0.717, 1.165) is 31.1 Å². The minimum Gasteiger partial charge on any atom is -0.377 e. The van der Waals surface area contributed by atoms with Gasteiger partial charge in [0.1, 0.15) is 5.82 Å². The molecule has 16 heavy (non-hydrogen) atoms. The van der Waals surface area contributed by atoms with E-state index in [1.54, 1.807) is 0 Å². The summed E-state index contributed by atoms with van der Waals surface area (Å²) in [7, 11) is 0. The van der Waals surface area contributed by atoms with Crippen LogP contribution in [0.5, 0.6) is 0 Å². The van der Waals surface area contributed by atoms with E-state index in [1.165, 1.54) is 0 Å². The van der Waals surface area contributed by atoms with Crippen molar-refractivity contribution in [2.24, 2.45) is 5.73 Å². The maximum absolute atomic E-state index is 5.88. The quantitative estimate of drug-likeness (QED) is 0.818. The highest BCUT2D eigenvalue weighted by molar-refractivity contribution is 5.43. The number of rotatable bonds is 2. The summed E-state index contributed by atoms with van der Waals surface area (Å²) < 4.78 is 5.42. The van der Waals surface area contributed by atoms with Crippen LogP contribution in [0.25, 0.3) is 0 Å². The van der Waals surface area contributed by atoms with Crippen LogP contribution in [0.1, 0.15) is 25.5 Å². The Morgan fingerprint density at radius 3 is 3.12 bits per heavy atom. The van der Waals surface area contributed by atoms with Crippen LogP contribution in [0.3, 0.4) is 0 Å². The molecule has 1 aromatic rings. The van der Waals surface area contributed by atoms with Gasteiger partial charge in [-0.2, -0.15) is 0 Å². The number of morpholine rings is 1. The summed E-state index contributed by atoms with van der Waals surface area (Å²) in [5.74, 6) is 1.01. The smallest absolute Gasteiger partial charge is 0.129 e. The fourth-order valence-corrected chi connectivity index (χ4v) is 1.94. The first kappa shape index (κ1) is 11.4. The van der Waals surface area contributed by atoms with Crippen molar-refractivity contribution >= 4 is 5.82 Å². The van der Waals surface area contributed by atoms with E-state index in [4.69, 9.17) is 10.5 Å². The topological polar surface area (TPSA) is 51.4 Å². The second-order valence-electron chi connectivity index (χ2n) is 4.35. The third-order valence-electron chi connectivity index (χ3n) is 2.96. The first-order chi connectivity index (χ1) is 7.68. The minimum atomic E-state index is 0.0538. The van der Waals surface area contributed by atoms with Gasteiger partial charge in [-0.3, -0.25) is 0 Å². The number of hydrogen-bond acceptors (Lipinski definition) is 4. The lowest BCUT2D eigenvalue weighted by atomic mass is 10.1. The number of hydrogen-bond donors (Lipinski definition) is 1. The molecule has 0 amide bonds. The van der Waals surface area contributed by atoms with E-state index in [1.807, 2.05) is 19.2 Å². The molecule has 2 heterocycles. The van der Waals surface area contributed by atoms with Crippen LogP contribution in [-0.2, 0) is 4.74 Å². The number of nitrogens with zero attached hydrogens (tertiary/aromatic N) is 2. The summed E-state index contributed by atoms with van der Waals surface area (Å²) in [5.41, 5.74) is 7.00. The summed E-state index contributed by atoms with van der Waals surface area (Å²) >= 11 is 0. The molecule has 1 saturated heterocycles. The van der Waals surface area contributed by atoms with E-state index in [0.29, 0.717) is 6.04 Å². The summed E-state index contributed by atoms with van der Waals surface area (Å²) in [4.78, 5) is 6.68. The molecule has 1 unspecified atom stereocenters. The lowest BCUT2D eigenvalue weighted by Crippen LogP contribution is -2.44. The van der Waals surface area contributed by atoms with Crippen molar-refractivity contribution in [3.8, 4) is 0 Å². The number of nitrogens with two attached hydrogens (primary N) is 1. The average molecular weight is 221 g/mol. The Labute approximate surface area is 96.4 Å². The molecule has 2 N–H and O–H groups in total. The van der Waals surface area contributed by atoms with Gasteiger partial charge in [-0.05, 0) is 31.5 Å². The van der Waals surface area contributed by atoms with Gasteiger partial charge in [0.05, 0.1) is 19.3 Å². The van der Waals surface area contributed by atoms with Gasteiger partial charge >= 0.3 is 0 Å². The Morgan fingerprint density at radius 1 is 1.62 bits per heavy atom. The average Bonchev–Trinajstić information content (AvgIpc) is 2.30. The molecule has 0 spiro atoms. The highest BCUT2D eigenvalue weighted by atomic mass is 16.5. The van der Waals surface area contributed by atoms with Crippen LogP contribution in [0.15, 0.2) is 18.3 Å². The lowest BCUT2D eigenvalue weighted by molar-refractivity contribution is 0.0985. The van der Waals surface area contributed by atoms with E-state index < -0.39 is 0 Å². The standard InChI is InChI=1S/C12H19N3O/c1-9-8-16-6-5-15(9)12-7-11(10(2)13)3-4-14-12/h3-4,7,9-10H,5-6,8,13H2,1-2H3/t9?,10-/m0/s1. The number of ether oxygens (including phenoxy) is 1. The molecular formula is C12H19N3O. The zero-order chi connectivity index (χ0) is 11.5. The van der Waals surface area contributed by atoms with E-state index >= 15 is 0 Å². The van der Waals surface area contributed by atoms with Gasteiger partial charge < -0.3 is 15.4 Å². The molecule has 0 aliphatic carbocycles. The van der Waals surface area contributed by atoms with Crippen molar-refractivity contribution in [1.82, 2.24) is 4.98 Å². The Morgan fingerprint density at radius 2 is 2.44 bits per heavy atom. The number of aromatic nitrogens is 1. The molecule has 1 aromatic heterocycles. The second kappa shape index (κ2) is 4.80. The molecule has 4 nitrogen and oxygen atoms in total. The third-order valence-corrected chi connectivity index (χ3v) is 2.96. The number of anilines is 1. The van der Waals surface area contributed by atoms with Crippen LogP contribution < -0.4 is 10.6 Å². The van der Waals surface area contributed by atoms with Gasteiger partial charge in [0.25, 0.3) is 0 Å². The summed E-state index contributed by atoms with van der Waals surface area (Å²) in [6.45, 7) is 6.58. The van der Waals surface area contributed by atoms with Gasteiger partial charge in [-0.25, -0.2) is 4.98 Å². The second-order valence-corrected chi connectivity index (χ2v) is 4.35. The minimum absolute atomic E-state index is 0.0538. The summed E-state index contributed by atoms with van der Waals surface area (Å²) in [6.07, 6.45) is 1.83. The molecule has 1 aliphatic rings. The van der Waals surface area contributed by atoms with Crippen LogP contribution in [0.4, 0.5) is 5.82 Å². The molecule has 0 radical (unpaired) electrons. The zero-order valence-corrected chi connectivity index (χ0v) is 9.89. The molecule has 0 bridgehead atoms. The molecule has 88 valence electrons. The predicted molar refractivity (Wildman–Crippen MR) is 64.5 cm³/mol. The van der Waals surface area contributed by atoms with Gasteiger partial charge in [0, 0.05) is 18.8 Å². The largest absolute Gasteiger partial charge is 0.377 e. The maximum Gasteiger partial charge on any atom is 0.129 e. The van der Waals surface area contributed by atoms with Gasteiger partial charge in [0.15, 0.2) is 0 Å². The van der Waals surface area contributed by atoms with Crippen molar-refractivity contribution < 1.29 is 4.74 Å². The monoisotopic (exact) mass is 221 g/mol. The molecule has 1 aliphatic heterocycles. The fourth-order valence-electron chi connectivity index (χ4n) is 1.94. The molecule has 0 saturated carbocycles. The maximum atomic E-state index is 5.88. The van der Waals surface area contributed by atoms with Crippen molar-refractivity contribution in [2.45, 2.75) is 25.9 Å². The first-order valence-electron chi connectivity index (χ1n) is 5.74.